The Kier molecular flexibility index (Phi) is 1.94. The molecule has 0 saturated carbocycles. The van der Waals surface area contributed by atoms with Crippen LogP contribution in [0.3, 0.4) is 0 Å². The van der Waals surface area contributed by atoms with E-state index in [0.29, 0.717) is 0 Å². The van der Waals surface area contributed by atoms with Crippen LogP contribution in [0.25, 0.3) is 0 Å². The van der Waals surface area contributed by atoms with Crippen LogP contribution >= 0.6 is 0 Å². The minimum atomic E-state index is 0.158. The van der Waals surface area contributed by atoms with E-state index in [4.69, 9.17) is 0 Å². The minimum Gasteiger partial charge on any atom is -0.244 e. The van der Waals surface area contributed by atoms with Crippen LogP contribution < -0.4 is 0 Å². The smallest absolute Gasteiger partial charge is 0.115 e. The van der Waals surface area contributed by atoms with Gasteiger partial charge in [-0.1, -0.05) is 20.8 Å². The molecule has 0 aliphatic heterocycles. The summed E-state index contributed by atoms with van der Waals surface area (Å²) in [5.41, 5.74) is 2.46. The van der Waals surface area contributed by atoms with E-state index >= 15 is 0 Å². The molecule has 60 valence electrons. The van der Waals surface area contributed by atoms with Gasteiger partial charge in [-0.3, -0.25) is 0 Å². The van der Waals surface area contributed by atoms with E-state index in [0.717, 1.165) is 5.69 Å². The van der Waals surface area contributed by atoms with E-state index in [-0.39, 0.29) is 5.41 Å². The van der Waals surface area contributed by atoms with Gasteiger partial charge in [0.1, 0.15) is 6.33 Å². The zero-order valence-corrected chi connectivity index (χ0v) is 7.55. The summed E-state index contributed by atoms with van der Waals surface area (Å²) in [6.07, 6.45) is 3.48. The van der Waals surface area contributed by atoms with E-state index in [1.165, 1.54) is 5.56 Å². The van der Waals surface area contributed by atoms with Gasteiger partial charge in [0.25, 0.3) is 0 Å². The van der Waals surface area contributed by atoms with Gasteiger partial charge in [0.2, 0.25) is 0 Å². The number of nitrogens with zero attached hydrogens (tertiary/aromatic N) is 2. The quantitative estimate of drug-likeness (QED) is 0.566. The van der Waals surface area contributed by atoms with Gasteiger partial charge < -0.3 is 0 Å². The standard InChI is InChI=1S/C9H14N2/c1-7-8(9(2,3)4)5-10-6-11-7/h5-6H,1-4H3. The molecule has 2 nitrogen and oxygen atoms in total. The third-order valence-corrected chi connectivity index (χ3v) is 1.72. The summed E-state index contributed by atoms with van der Waals surface area (Å²) in [7, 11) is 0. The summed E-state index contributed by atoms with van der Waals surface area (Å²) in [5.74, 6) is 0. The molecule has 0 atom stereocenters. The summed E-state index contributed by atoms with van der Waals surface area (Å²) < 4.78 is 0. The second-order valence-electron chi connectivity index (χ2n) is 3.77. The fraction of sp³-hybridized carbons (Fsp3) is 0.556. The number of hydrogen-bond donors (Lipinski definition) is 0. The summed E-state index contributed by atoms with van der Waals surface area (Å²) in [6.45, 7) is 8.51. The maximum atomic E-state index is 4.13. The maximum Gasteiger partial charge on any atom is 0.115 e. The molecule has 0 spiro atoms. The molecule has 0 radical (unpaired) electrons. The largest absolute Gasteiger partial charge is 0.244 e. The number of aryl methyl sites for hydroxylation is 1. The zero-order valence-electron chi connectivity index (χ0n) is 7.55. The van der Waals surface area contributed by atoms with Gasteiger partial charge in [-0.15, -0.1) is 0 Å². The van der Waals surface area contributed by atoms with Crippen LogP contribution in [0.1, 0.15) is 32.0 Å². The van der Waals surface area contributed by atoms with E-state index in [2.05, 4.69) is 30.7 Å². The highest BCUT2D eigenvalue weighted by atomic mass is 14.8. The van der Waals surface area contributed by atoms with Crippen molar-refractivity contribution in [3.05, 3.63) is 23.8 Å². The lowest BCUT2D eigenvalue weighted by Gasteiger charge is -2.19. The maximum absolute atomic E-state index is 4.13. The summed E-state index contributed by atoms with van der Waals surface area (Å²) in [4.78, 5) is 8.14. The highest BCUT2D eigenvalue weighted by Gasteiger charge is 2.16. The fourth-order valence-electron chi connectivity index (χ4n) is 1.13. The average molecular weight is 150 g/mol. The first kappa shape index (κ1) is 8.18. The van der Waals surface area contributed by atoms with Crippen LogP contribution in [0.2, 0.25) is 0 Å². The molecule has 0 bridgehead atoms. The van der Waals surface area contributed by atoms with Crippen LogP contribution in [0.15, 0.2) is 12.5 Å². The first-order valence-corrected chi connectivity index (χ1v) is 3.79. The van der Waals surface area contributed by atoms with Gasteiger partial charge in [0.15, 0.2) is 0 Å². The Bertz CT molecular complexity index is 248. The topological polar surface area (TPSA) is 25.8 Å². The second-order valence-corrected chi connectivity index (χ2v) is 3.77. The van der Waals surface area contributed by atoms with E-state index < -0.39 is 0 Å². The fourth-order valence-corrected chi connectivity index (χ4v) is 1.13. The van der Waals surface area contributed by atoms with Gasteiger partial charge in [-0.25, -0.2) is 9.97 Å². The summed E-state index contributed by atoms with van der Waals surface area (Å²) >= 11 is 0. The second kappa shape index (κ2) is 2.61. The number of aromatic nitrogens is 2. The van der Waals surface area contributed by atoms with Crippen molar-refractivity contribution in [3.63, 3.8) is 0 Å². The molecule has 1 aromatic heterocycles. The van der Waals surface area contributed by atoms with Crippen molar-refractivity contribution in [3.8, 4) is 0 Å². The highest BCUT2D eigenvalue weighted by Crippen LogP contribution is 2.22. The Hall–Kier alpha value is -0.920. The van der Waals surface area contributed by atoms with Crippen LogP contribution in [-0.2, 0) is 5.41 Å². The van der Waals surface area contributed by atoms with Crippen molar-refractivity contribution in [2.45, 2.75) is 33.1 Å². The first-order chi connectivity index (χ1) is 5.02. The predicted molar refractivity (Wildman–Crippen MR) is 45.5 cm³/mol. The molecule has 0 amide bonds. The van der Waals surface area contributed by atoms with Crippen LogP contribution in [0.4, 0.5) is 0 Å². The molecule has 1 heterocycles. The van der Waals surface area contributed by atoms with Crippen molar-refractivity contribution < 1.29 is 0 Å². The van der Waals surface area contributed by atoms with Crippen LogP contribution in [-0.4, -0.2) is 9.97 Å². The molecule has 0 fully saturated rings. The lowest BCUT2D eigenvalue weighted by atomic mass is 9.87. The van der Waals surface area contributed by atoms with Crippen LogP contribution in [0, 0.1) is 6.92 Å². The molecular weight excluding hydrogens is 136 g/mol. The summed E-state index contributed by atoms with van der Waals surface area (Å²) in [5, 5.41) is 0. The molecule has 1 rings (SSSR count). The molecule has 11 heavy (non-hydrogen) atoms. The van der Waals surface area contributed by atoms with Gasteiger partial charge in [-0.05, 0) is 17.9 Å². The molecule has 0 aliphatic carbocycles. The first-order valence-electron chi connectivity index (χ1n) is 3.79. The normalized spacial score (nSPS) is 11.6. The molecule has 1 aromatic rings. The Labute approximate surface area is 67.7 Å². The number of hydrogen-bond acceptors (Lipinski definition) is 2. The zero-order chi connectivity index (χ0) is 8.48. The number of rotatable bonds is 0. The lowest BCUT2D eigenvalue weighted by molar-refractivity contribution is 0.578. The van der Waals surface area contributed by atoms with Gasteiger partial charge in [0, 0.05) is 11.9 Å². The molecule has 0 saturated heterocycles. The highest BCUT2D eigenvalue weighted by molar-refractivity contribution is 5.22. The van der Waals surface area contributed by atoms with Crippen LogP contribution in [0.5, 0.6) is 0 Å². The van der Waals surface area contributed by atoms with E-state index in [1.54, 1.807) is 6.33 Å². The van der Waals surface area contributed by atoms with Crippen molar-refractivity contribution in [1.82, 2.24) is 9.97 Å². The van der Waals surface area contributed by atoms with E-state index in [1.807, 2.05) is 13.1 Å². The minimum absolute atomic E-state index is 0.158. The summed E-state index contributed by atoms with van der Waals surface area (Å²) in [6, 6.07) is 0. The van der Waals surface area contributed by atoms with Crippen molar-refractivity contribution >= 4 is 0 Å². The van der Waals surface area contributed by atoms with Gasteiger partial charge in [0.05, 0.1) is 0 Å². The SMILES string of the molecule is Cc1ncncc1C(C)(C)C. The van der Waals surface area contributed by atoms with Gasteiger partial charge in [-0.2, -0.15) is 0 Å². The molecule has 0 N–H and O–H groups in total. The molecule has 0 unspecified atom stereocenters. The predicted octanol–water partition coefficient (Wildman–Crippen LogP) is 2.08. The Morgan fingerprint density at radius 3 is 2.27 bits per heavy atom. The molecule has 2 heteroatoms. The third-order valence-electron chi connectivity index (χ3n) is 1.72. The Morgan fingerprint density at radius 1 is 1.27 bits per heavy atom. The Morgan fingerprint density at radius 2 is 1.91 bits per heavy atom. The van der Waals surface area contributed by atoms with Crippen molar-refractivity contribution in [2.75, 3.05) is 0 Å². The van der Waals surface area contributed by atoms with Crippen molar-refractivity contribution in [1.29, 1.82) is 0 Å². The van der Waals surface area contributed by atoms with Crippen molar-refractivity contribution in [2.24, 2.45) is 0 Å². The monoisotopic (exact) mass is 150 g/mol. The third kappa shape index (κ3) is 1.76. The average Bonchev–Trinajstić information content (AvgIpc) is 1.86. The lowest BCUT2D eigenvalue weighted by Crippen LogP contribution is -2.14. The van der Waals surface area contributed by atoms with Gasteiger partial charge >= 0.3 is 0 Å². The molecular formula is C9H14N2. The Balaban J connectivity index is 3.14. The molecule has 0 aromatic carbocycles. The van der Waals surface area contributed by atoms with E-state index in [9.17, 15) is 0 Å². The molecule has 0 aliphatic rings.